The molecule has 26 heavy (non-hydrogen) atoms. The number of hydrogen-bond donors (Lipinski definition) is 0. The van der Waals surface area contributed by atoms with Crippen molar-refractivity contribution in [2.75, 3.05) is 6.54 Å². The summed E-state index contributed by atoms with van der Waals surface area (Å²) >= 11 is 14.8. The molecule has 1 aliphatic carbocycles. The Balaban J connectivity index is 1.50. The lowest BCUT2D eigenvalue weighted by Gasteiger charge is -2.31. The number of likely N-dealkylation sites (tertiary alicyclic amines) is 1. The molecule has 1 unspecified atom stereocenters. The molecule has 5 heteroatoms. The van der Waals surface area contributed by atoms with E-state index in [9.17, 15) is 4.79 Å². The van der Waals surface area contributed by atoms with E-state index in [1.807, 2.05) is 17.5 Å². The highest BCUT2D eigenvalue weighted by atomic mass is 35.5. The minimum Gasteiger partial charge on any atom is -0.339 e. The van der Waals surface area contributed by atoms with Gasteiger partial charge >= 0.3 is 0 Å². The van der Waals surface area contributed by atoms with E-state index in [-0.39, 0.29) is 5.92 Å². The fourth-order valence-electron chi connectivity index (χ4n) is 4.35. The summed E-state index contributed by atoms with van der Waals surface area (Å²) in [6.07, 6.45) is 7.69. The largest absolute Gasteiger partial charge is 0.339 e. The van der Waals surface area contributed by atoms with Crippen molar-refractivity contribution >= 4 is 40.4 Å². The maximum absolute atomic E-state index is 12.9. The standard InChI is InChI=1S/C21H23Cl2NOS/c22-19-11-16(15-7-9-26-13-15)12-20(23)18(19)10-14-6-8-24(21(14)25)17-4-2-1-3-5-17/h7,9,11-14,17H,1-6,8,10H2. The molecule has 1 aliphatic heterocycles. The highest BCUT2D eigenvalue weighted by Crippen LogP contribution is 2.36. The lowest BCUT2D eigenvalue weighted by molar-refractivity contribution is -0.133. The third kappa shape index (κ3) is 3.67. The molecule has 0 N–H and O–H groups in total. The topological polar surface area (TPSA) is 20.3 Å². The summed E-state index contributed by atoms with van der Waals surface area (Å²) in [5.41, 5.74) is 3.08. The first-order chi connectivity index (χ1) is 12.6. The van der Waals surface area contributed by atoms with Gasteiger partial charge in [0.15, 0.2) is 0 Å². The number of halogens is 2. The minimum atomic E-state index is 0.0129. The van der Waals surface area contributed by atoms with Gasteiger partial charge in [-0.2, -0.15) is 11.3 Å². The second-order valence-electron chi connectivity index (χ2n) is 7.44. The molecule has 1 aromatic heterocycles. The summed E-state index contributed by atoms with van der Waals surface area (Å²) in [5, 5.41) is 5.47. The number of rotatable bonds is 4. The van der Waals surface area contributed by atoms with Gasteiger partial charge in [-0.3, -0.25) is 4.79 Å². The van der Waals surface area contributed by atoms with Crippen LogP contribution in [0.4, 0.5) is 0 Å². The zero-order valence-electron chi connectivity index (χ0n) is 14.7. The van der Waals surface area contributed by atoms with Crippen LogP contribution in [-0.4, -0.2) is 23.4 Å². The Hall–Kier alpha value is -1.03. The van der Waals surface area contributed by atoms with Gasteiger partial charge in [0.2, 0.25) is 5.91 Å². The molecule has 1 atom stereocenters. The summed E-state index contributed by atoms with van der Waals surface area (Å²) < 4.78 is 0. The molecule has 2 aromatic rings. The molecular weight excluding hydrogens is 385 g/mol. The number of benzene rings is 1. The van der Waals surface area contributed by atoms with Crippen LogP contribution in [0.5, 0.6) is 0 Å². The first-order valence-electron chi connectivity index (χ1n) is 9.44. The summed E-state index contributed by atoms with van der Waals surface area (Å²) in [4.78, 5) is 15.1. The zero-order chi connectivity index (χ0) is 18.1. The predicted octanol–water partition coefficient (Wildman–Crippen LogP) is 6.45. The lowest BCUT2D eigenvalue weighted by atomic mass is 9.93. The number of amides is 1. The highest BCUT2D eigenvalue weighted by Gasteiger charge is 2.36. The zero-order valence-corrected chi connectivity index (χ0v) is 17.0. The maximum atomic E-state index is 12.9. The van der Waals surface area contributed by atoms with Crippen molar-refractivity contribution in [1.82, 2.24) is 4.90 Å². The molecule has 0 spiro atoms. The number of thiophene rings is 1. The van der Waals surface area contributed by atoms with Crippen LogP contribution in [0.25, 0.3) is 11.1 Å². The fourth-order valence-corrected chi connectivity index (χ4v) is 5.65. The molecule has 0 radical (unpaired) electrons. The van der Waals surface area contributed by atoms with Gasteiger partial charge in [0, 0.05) is 28.5 Å². The van der Waals surface area contributed by atoms with Crippen molar-refractivity contribution < 1.29 is 4.79 Å². The average molecular weight is 408 g/mol. The molecule has 138 valence electrons. The second kappa shape index (κ2) is 7.92. The third-order valence-corrected chi connectivity index (χ3v) is 7.17. The average Bonchev–Trinajstić information content (AvgIpc) is 3.29. The van der Waals surface area contributed by atoms with E-state index in [0.29, 0.717) is 28.4 Å². The van der Waals surface area contributed by atoms with Gasteiger partial charge < -0.3 is 4.90 Å². The summed E-state index contributed by atoms with van der Waals surface area (Å²) in [6.45, 7) is 0.885. The number of carbonyl (C=O) groups is 1. The van der Waals surface area contributed by atoms with Crippen molar-refractivity contribution in [3.8, 4) is 11.1 Å². The van der Waals surface area contributed by atoms with E-state index in [1.165, 1.54) is 19.3 Å². The van der Waals surface area contributed by atoms with E-state index in [2.05, 4.69) is 16.3 Å². The summed E-state index contributed by atoms with van der Waals surface area (Å²) in [5.74, 6) is 0.310. The Morgan fingerprint density at radius 3 is 2.42 bits per heavy atom. The Morgan fingerprint density at radius 1 is 1.04 bits per heavy atom. The monoisotopic (exact) mass is 407 g/mol. The minimum absolute atomic E-state index is 0.0129. The Morgan fingerprint density at radius 2 is 1.77 bits per heavy atom. The maximum Gasteiger partial charge on any atom is 0.226 e. The molecule has 1 saturated carbocycles. The summed E-state index contributed by atoms with van der Waals surface area (Å²) in [7, 11) is 0. The van der Waals surface area contributed by atoms with Crippen LogP contribution >= 0.6 is 34.5 Å². The van der Waals surface area contributed by atoms with Gasteiger partial charge in [0.05, 0.1) is 0 Å². The Labute approximate surface area is 169 Å². The molecule has 1 saturated heterocycles. The van der Waals surface area contributed by atoms with Crippen molar-refractivity contribution in [2.24, 2.45) is 5.92 Å². The molecule has 2 nitrogen and oxygen atoms in total. The van der Waals surface area contributed by atoms with Crippen LogP contribution in [0.1, 0.15) is 44.1 Å². The van der Waals surface area contributed by atoms with E-state index in [0.717, 1.165) is 42.5 Å². The van der Waals surface area contributed by atoms with Gasteiger partial charge in [0.1, 0.15) is 0 Å². The van der Waals surface area contributed by atoms with Crippen molar-refractivity contribution in [2.45, 2.75) is 51.0 Å². The van der Waals surface area contributed by atoms with Gasteiger partial charge in [-0.15, -0.1) is 0 Å². The van der Waals surface area contributed by atoms with Crippen LogP contribution < -0.4 is 0 Å². The lowest BCUT2D eigenvalue weighted by Crippen LogP contribution is -2.39. The molecule has 2 aliphatic rings. The smallest absolute Gasteiger partial charge is 0.226 e. The normalized spacial score (nSPS) is 21.5. The van der Waals surface area contributed by atoms with Crippen LogP contribution in [0.2, 0.25) is 10.0 Å². The van der Waals surface area contributed by atoms with E-state index >= 15 is 0 Å². The van der Waals surface area contributed by atoms with Gasteiger partial charge in [-0.1, -0.05) is 42.5 Å². The molecule has 4 rings (SSSR count). The van der Waals surface area contributed by atoms with E-state index < -0.39 is 0 Å². The van der Waals surface area contributed by atoms with Gasteiger partial charge in [-0.25, -0.2) is 0 Å². The molecule has 2 heterocycles. The molecule has 2 fully saturated rings. The first-order valence-corrected chi connectivity index (χ1v) is 11.1. The van der Waals surface area contributed by atoms with Gasteiger partial charge in [-0.05, 0) is 71.3 Å². The molecule has 1 aromatic carbocycles. The Bertz CT molecular complexity index is 760. The van der Waals surface area contributed by atoms with Crippen LogP contribution in [0.15, 0.2) is 29.0 Å². The van der Waals surface area contributed by atoms with E-state index in [1.54, 1.807) is 11.3 Å². The number of nitrogens with zero attached hydrogens (tertiary/aromatic N) is 1. The molecule has 0 bridgehead atoms. The number of carbonyl (C=O) groups excluding carboxylic acids is 1. The van der Waals surface area contributed by atoms with Crippen molar-refractivity contribution in [3.05, 3.63) is 44.6 Å². The Kier molecular flexibility index (Phi) is 5.58. The highest BCUT2D eigenvalue weighted by molar-refractivity contribution is 7.08. The molecule has 1 amide bonds. The second-order valence-corrected chi connectivity index (χ2v) is 9.04. The van der Waals surface area contributed by atoms with E-state index in [4.69, 9.17) is 23.2 Å². The number of hydrogen-bond acceptors (Lipinski definition) is 2. The first kappa shape index (κ1) is 18.3. The third-order valence-electron chi connectivity index (χ3n) is 5.81. The van der Waals surface area contributed by atoms with Crippen LogP contribution in [0.3, 0.4) is 0 Å². The van der Waals surface area contributed by atoms with Crippen molar-refractivity contribution in [1.29, 1.82) is 0 Å². The van der Waals surface area contributed by atoms with Crippen LogP contribution in [-0.2, 0) is 11.2 Å². The SMILES string of the molecule is O=C1C(Cc2c(Cl)cc(-c3ccsc3)cc2Cl)CCN1C1CCCCC1. The summed E-state index contributed by atoms with van der Waals surface area (Å²) in [6, 6.07) is 6.47. The quantitative estimate of drug-likeness (QED) is 0.570. The predicted molar refractivity (Wildman–Crippen MR) is 110 cm³/mol. The van der Waals surface area contributed by atoms with Gasteiger partial charge in [0.25, 0.3) is 0 Å². The fraction of sp³-hybridized carbons (Fsp3) is 0.476. The van der Waals surface area contributed by atoms with Crippen molar-refractivity contribution in [3.63, 3.8) is 0 Å². The molecular formula is C21H23Cl2NOS. The van der Waals surface area contributed by atoms with Crippen LogP contribution in [0, 0.1) is 5.92 Å².